The van der Waals surface area contributed by atoms with Gasteiger partial charge in [-0.1, -0.05) is 23.7 Å². The Morgan fingerprint density at radius 2 is 1.75 bits per heavy atom. The molecule has 3 saturated carbocycles. The van der Waals surface area contributed by atoms with Gasteiger partial charge in [-0.25, -0.2) is 0 Å². The summed E-state index contributed by atoms with van der Waals surface area (Å²) in [5, 5.41) is 10.0. The minimum Gasteiger partial charge on any atom is -0.491 e. The Hall–Kier alpha value is -1.22. The van der Waals surface area contributed by atoms with Crippen LogP contribution in [0.5, 0.6) is 5.75 Å². The number of ether oxygens (including phenoxy) is 1. The van der Waals surface area contributed by atoms with Gasteiger partial charge in [-0.05, 0) is 50.7 Å². The molecule has 0 aliphatic heterocycles. The molecule has 0 unspecified atom stereocenters. The van der Waals surface area contributed by atoms with E-state index in [0.717, 1.165) is 44.3 Å². The molecule has 4 heteroatoms. The maximum absolute atomic E-state index is 11.4. The molecular formula is C16H19ClO3. The van der Waals surface area contributed by atoms with Crippen molar-refractivity contribution in [1.29, 1.82) is 0 Å². The maximum Gasteiger partial charge on any atom is 0.309 e. The van der Waals surface area contributed by atoms with Gasteiger partial charge in [-0.3, -0.25) is 4.79 Å². The highest BCUT2D eigenvalue weighted by molar-refractivity contribution is 6.32. The second-order valence-electron chi connectivity index (χ2n) is 6.30. The zero-order valence-corrected chi connectivity index (χ0v) is 12.2. The second kappa shape index (κ2) is 4.96. The van der Waals surface area contributed by atoms with Crippen LogP contribution in [0.1, 0.15) is 38.5 Å². The predicted octanol–water partition coefficient (Wildman–Crippen LogP) is 4.14. The third kappa shape index (κ3) is 2.28. The van der Waals surface area contributed by atoms with Crippen LogP contribution in [0.15, 0.2) is 24.3 Å². The monoisotopic (exact) mass is 294 g/mol. The van der Waals surface area contributed by atoms with Crippen LogP contribution in [0.4, 0.5) is 0 Å². The minimum atomic E-state index is -0.613. The number of hydrogen-bond acceptors (Lipinski definition) is 2. The van der Waals surface area contributed by atoms with Gasteiger partial charge in [0.25, 0.3) is 0 Å². The lowest BCUT2D eigenvalue weighted by Gasteiger charge is -2.51. The van der Waals surface area contributed by atoms with E-state index in [1.54, 1.807) is 0 Å². The van der Waals surface area contributed by atoms with Gasteiger partial charge < -0.3 is 9.84 Å². The molecule has 1 aromatic rings. The molecule has 20 heavy (non-hydrogen) atoms. The van der Waals surface area contributed by atoms with Gasteiger partial charge in [0.15, 0.2) is 0 Å². The van der Waals surface area contributed by atoms with Gasteiger partial charge in [0, 0.05) is 5.41 Å². The third-order valence-corrected chi connectivity index (χ3v) is 5.54. The highest BCUT2D eigenvalue weighted by Crippen LogP contribution is 2.57. The zero-order chi connectivity index (χ0) is 14.2. The van der Waals surface area contributed by atoms with Crippen molar-refractivity contribution in [3.05, 3.63) is 29.3 Å². The average Bonchev–Trinajstić information content (AvgIpc) is 2.48. The minimum absolute atomic E-state index is 0.149. The van der Waals surface area contributed by atoms with Crippen LogP contribution >= 0.6 is 11.6 Å². The number of carboxylic acids is 1. The fourth-order valence-corrected chi connectivity index (χ4v) is 3.78. The van der Waals surface area contributed by atoms with E-state index in [9.17, 15) is 9.90 Å². The molecule has 0 heterocycles. The van der Waals surface area contributed by atoms with Crippen molar-refractivity contribution in [2.24, 2.45) is 10.8 Å². The number of aliphatic carboxylic acids is 1. The quantitative estimate of drug-likeness (QED) is 0.907. The molecule has 0 atom stereocenters. The van der Waals surface area contributed by atoms with Crippen molar-refractivity contribution in [1.82, 2.24) is 0 Å². The summed E-state index contributed by atoms with van der Waals surface area (Å²) in [4.78, 5) is 11.4. The van der Waals surface area contributed by atoms with E-state index >= 15 is 0 Å². The van der Waals surface area contributed by atoms with Gasteiger partial charge in [-0.2, -0.15) is 0 Å². The molecule has 1 N–H and O–H groups in total. The number of carbonyl (C=O) groups is 1. The van der Waals surface area contributed by atoms with Crippen LogP contribution in [-0.4, -0.2) is 17.7 Å². The summed E-state index contributed by atoms with van der Waals surface area (Å²) in [6.07, 6.45) is 5.20. The maximum atomic E-state index is 11.4. The number of halogens is 1. The van der Waals surface area contributed by atoms with Crippen LogP contribution in [0.3, 0.4) is 0 Å². The lowest BCUT2D eigenvalue weighted by Crippen LogP contribution is -2.48. The van der Waals surface area contributed by atoms with Gasteiger partial charge in [0.1, 0.15) is 5.75 Å². The van der Waals surface area contributed by atoms with E-state index in [1.807, 2.05) is 24.3 Å². The third-order valence-electron chi connectivity index (χ3n) is 5.23. The Morgan fingerprint density at radius 3 is 2.30 bits per heavy atom. The highest BCUT2D eigenvalue weighted by atomic mass is 35.5. The van der Waals surface area contributed by atoms with Crippen LogP contribution in [0, 0.1) is 10.8 Å². The van der Waals surface area contributed by atoms with Crippen molar-refractivity contribution < 1.29 is 14.6 Å². The molecule has 1 aromatic carbocycles. The lowest BCUT2D eigenvalue weighted by molar-refractivity contribution is -0.160. The summed E-state index contributed by atoms with van der Waals surface area (Å²) in [5.74, 6) is 0.113. The molecule has 0 amide bonds. The van der Waals surface area contributed by atoms with Crippen molar-refractivity contribution in [2.45, 2.75) is 38.5 Å². The summed E-state index contributed by atoms with van der Waals surface area (Å²) in [5.41, 5.74) is -0.303. The number of rotatable bonds is 4. The first-order valence-electron chi connectivity index (χ1n) is 7.16. The molecule has 0 aromatic heterocycles. The zero-order valence-electron chi connectivity index (χ0n) is 11.4. The van der Waals surface area contributed by atoms with E-state index in [-0.39, 0.29) is 5.41 Å². The van der Waals surface area contributed by atoms with Crippen molar-refractivity contribution in [2.75, 3.05) is 6.61 Å². The van der Waals surface area contributed by atoms with E-state index < -0.39 is 11.4 Å². The Labute approximate surface area is 123 Å². The summed E-state index contributed by atoms with van der Waals surface area (Å²) in [6.45, 7) is 0.645. The Morgan fingerprint density at radius 1 is 1.15 bits per heavy atom. The molecule has 0 radical (unpaired) electrons. The van der Waals surface area contributed by atoms with Crippen molar-refractivity contribution in [3.8, 4) is 5.75 Å². The molecule has 3 aliphatic rings. The van der Waals surface area contributed by atoms with E-state index in [2.05, 4.69) is 0 Å². The number of fused-ring (bicyclic) bond motifs is 3. The van der Waals surface area contributed by atoms with Crippen LogP contribution in [0.2, 0.25) is 5.02 Å². The van der Waals surface area contributed by atoms with Crippen LogP contribution < -0.4 is 4.74 Å². The Balaban J connectivity index is 1.66. The molecule has 3 aliphatic carbocycles. The van der Waals surface area contributed by atoms with E-state index in [4.69, 9.17) is 16.3 Å². The molecule has 108 valence electrons. The number of para-hydroxylation sites is 1. The largest absolute Gasteiger partial charge is 0.491 e. The molecule has 0 saturated heterocycles. The second-order valence-corrected chi connectivity index (χ2v) is 6.71. The summed E-state index contributed by atoms with van der Waals surface area (Å²) in [7, 11) is 0. The molecule has 3 nitrogen and oxygen atoms in total. The van der Waals surface area contributed by atoms with Gasteiger partial charge in [-0.15, -0.1) is 0 Å². The normalized spacial score (nSPS) is 32.0. The van der Waals surface area contributed by atoms with Crippen molar-refractivity contribution in [3.63, 3.8) is 0 Å². The number of hydrogen-bond donors (Lipinski definition) is 1. The highest BCUT2D eigenvalue weighted by Gasteiger charge is 2.52. The summed E-state index contributed by atoms with van der Waals surface area (Å²) >= 11 is 6.10. The topological polar surface area (TPSA) is 46.5 Å². The fraction of sp³-hybridized carbons (Fsp3) is 0.562. The average molecular weight is 295 g/mol. The van der Waals surface area contributed by atoms with Gasteiger partial charge >= 0.3 is 5.97 Å². The Bertz CT molecular complexity index is 502. The fourth-order valence-electron chi connectivity index (χ4n) is 3.59. The molecule has 2 bridgehead atoms. The van der Waals surface area contributed by atoms with Gasteiger partial charge in [0.05, 0.1) is 17.0 Å². The SMILES string of the molecule is O=C(O)C12CCC(COc3ccccc3Cl)(CC1)CC2. The standard InChI is InChI=1S/C16H19ClO3/c17-12-3-1-2-4-13(12)20-11-15-5-8-16(9-6-15,10-7-15)14(18)19/h1-4H,5-11H2,(H,18,19). The summed E-state index contributed by atoms with van der Waals surface area (Å²) < 4.78 is 5.91. The van der Waals surface area contributed by atoms with Crippen LogP contribution in [0.25, 0.3) is 0 Å². The molecular weight excluding hydrogens is 276 g/mol. The smallest absolute Gasteiger partial charge is 0.309 e. The van der Waals surface area contributed by atoms with E-state index in [0.29, 0.717) is 11.6 Å². The number of carboxylic acid groups (broad SMARTS) is 1. The van der Waals surface area contributed by atoms with Gasteiger partial charge in [0.2, 0.25) is 0 Å². The van der Waals surface area contributed by atoms with Crippen LogP contribution in [-0.2, 0) is 4.79 Å². The van der Waals surface area contributed by atoms with E-state index in [1.165, 1.54) is 0 Å². The predicted molar refractivity (Wildman–Crippen MR) is 77.2 cm³/mol. The first-order valence-corrected chi connectivity index (χ1v) is 7.54. The Kier molecular flexibility index (Phi) is 3.41. The molecule has 0 spiro atoms. The lowest BCUT2D eigenvalue weighted by atomic mass is 9.54. The van der Waals surface area contributed by atoms with Crippen molar-refractivity contribution >= 4 is 17.6 Å². The molecule has 3 fully saturated rings. The first kappa shape index (κ1) is 13.7. The first-order chi connectivity index (χ1) is 9.55. The summed E-state index contributed by atoms with van der Waals surface area (Å²) in [6, 6.07) is 7.50. The molecule has 4 rings (SSSR count). The number of benzene rings is 1.